The van der Waals surface area contributed by atoms with Crippen LogP contribution in [0.2, 0.25) is 0 Å². The third-order valence-electron chi connectivity index (χ3n) is 4.16. The molecule has 1 atom stereocenters. The van der Waals surface area contributed by atoms with Crippen LogP contribution in [0.1, 0.15) is 44.9 Å². The Bertz CT molecular complexity index is 258. The number of carbonyl (C=O) groups excluding carboxylic acids is 1. The van der Waals surface area contributed by atoms with E-state index in [2.05, 4.69) is 4.90 Å². The van der Waals surface area contributed by atoms with Gasteiger partial charge >= 0.3 is 5.97 Å². The van der Waals surface area contributed by atoms with Crippen molar-refractivity contribution in [2.45, 2.75) is 57.1 Å². The summed E-state index contributed by atoms with van der Waals surface area (Å²) < 4.78 is 10.5. The Balaban J connectivity index is 1.80. The van der Waals surface area contributed by atoms with Gasteiger partial charge in [0.15, 0.2) is 0 Å². The summed E-state index contributed by atoms with van der Waals surface area (Å²) in [6.07, 6.45) is 8.86. The lowest BCUT2D eigenvalue weighted by Gasteiger charge is -2.28. The fourth-order valence-electron chi connectivity index (χ4n) is 3.07. The van der Waals surface area contributed by atoms with E-state index in [4.69, 9.17) is 9.47 Å². The van der Waals surface area contributed by atoms with Gasteiger partial charge in [-0.15, -0.1) is 0 Å². The zero-order chi connectivity index (χ0) is 12.8. The third-order valence-corrected chi connectivity index (χ3v) is 4.16. The number of ether oxygens (including phenoxy) is 2. The van der Waals surface area contributed by atoms with Crippen molar-refractivity contribution in [2.24, 2.45) is 0 Å². The second kappa shape index (κ2) is 7.10. The average Bonchev–Trinajstić information content (AvgIpc) is 3.06. The molecule has 1 heterocycles. The van der Waals surface area contributed by atoms with E-state index < -0.39 is 0 Å². The first kappa shape index (κ1) is 13.8. The number of nitrogens with zero attached hydrogens (tertiary/aromatic N) is 1. The molecule has 0 amide bonds. The van der Waals surface area contributed by atoms with Crippen LogP contribution in [0.5, 0.6) is 0 Å². The summed E-state index contributed by atoms with van der Waals surface area (Å²) in [7, 11) is 1.47. The molecule has 4 nitrogen and oxygen atoms in total. The molecule has 104 valence electrons. The molecule has 0 spiro atoms. The van der Waals surface area contributed by atoms with Gasteiger partial charge in [0, 0.05) is 19.2 Å². The van der Waals surface area contributed by atoms with Crippen molar-refractivity contribution in [2.75, 3.05) is 26.8 Å². The first-order chi connectivity index (χ1) is 8.79. The minimum atomic E-state index is -0.116. The number of hydrogen-bond acceptors (Lipinski definition) is 4. The maximum absolute atomic E-state index is 11.5. The lowest BCUT2D eigenvalue weighted by Crippen LogP contribution is -2.39. The van der Waals surface area contributed by atoms with Crippen LogP contribution in [-0.4, -0.2) is 49.8 Å². The van der Waals surface area contributed by atoms with Crippen molar-refractivity contribution in [1.82, 2.24) is 4.90 Å². The first-order valence-electron chi connectivity index (χ1n) is 7.22. The Labute approximate surface area is 110 Å². The van der Waals surface area contributed by atoms with Gasteiger partial charge in [-0.25, -0.2) is 0 Å². The van der Waals surface area contributed by atoms with Crippen molar-refractivity contribution in [3.05, 3.63) is 0 Å². The van der Waals surface area contributed by atoms with Crippen molar-refractivity contribution in [3.63, 3.8) is 0 Å². The van der Waals surface area contributed by atoms with Crippen LogP contribution in [0.25, 0.3) is 0 Å². The Kier molecular flexibility index (Phi) is 5.45. The van der Waals surface area contributed by atoms with Crippen LogP contribution in [-0.2, 0) is 14.3 Å². The van der Waals surface area contributed by atoms with Crippen molar-refractivity contribution in [1.29, 1.82) is 0 Å². The molecule has 0 aromatic carbocycles. The molecule has 2 fully saturated rings. The van der Waals surface area contributed by atoms with Crippen LogP contribution in [0, 0.1) is 0 Å². The molecule has 2 aliphatic rings. The number of carbonyl (C=O) groups is 1. The van der Waals surface area contributed by atoms with Gasteiger partial charge < -0.3 is 9.47 Å². The molecular formula is C14H25NO3. The Morgan fingerprint density at radius 2 is 2.06 bits per heavy atom. The zero-order valence-corrected chi connectivity index (χ0v) is 11.4. The summed E-state index contributed by atoms with van der Waals surface area (Å²) in [5.41, 5.74) is 0. The van der Waals surface area contributed by atoms with Crippen LogP contribution >= 0.6 is 0 Å². The number of methoxy groups -OCH3 is 1. The van der Waals surface area contributed by atoms with Gasteiger partial charge in [0.1, 0.15) is 0 Å². The molecule has 0 aromatic heterocycles. The van der Waals surface area contributed by atoms with E-state index in [0.29, 0.717) is 18.7 Å². The number of hydrogen-bond donors (Lipinski definition) is 0. The lowest BCUT2D eigenvalue weighted by molar-refractivity contribution is -0.142. The van der Waals surface area contributed by atoms with Crippen LogP contribution in [0.4, 0.5) is 0 Å². The smallest absolute Gasteiger partial charge is 0.319 e. The fraction of sp³-hybridized carbons (Fsp3) is 0.929. The Morgan fingerprint density at radius 3 is 2.67 bits per heavy atom. The van der Waals surface area contributed by atoms with Gasteiger partial charge in [-0.1, -0.05) is 12.8 Å². The van der Waals surface area contributed by atoms with Gasteiger partial charge in [-0.3, -0.25) is 9.69 Å². The monoisotopic (exact) mass is 255 g/mol. The third kappa shape index (κ3) is 3.95. The summed E-state index contributed by atoms with van der Waals surface area (Å²) in [6, 6.07) is 0.575. The van der Waals surface area contributed by atoms with E-state index in [9.17, 15) is 4.79 Å². The van der Waals surface area contributed by atoms with Crippen LogP contribution in [0.3, 0.4) is 0 Å². The maximum atomic E-state index is 11.5. The Morgan fingerprint density at radius 1 is 1.28 bits per heavy atom. The minimum Gasteiger partial charge on any atom is -0.468 e. The molecule has 0 aromatic rings. The second-order valence-corrected chi connectivity index (χ2v) is 5.41. The van der Waals surface area contributed by atoms with E-state index >= 15 is 0 Å². The summed E-state index contributed by atoms with van der Waals surface area (Å²) in [5, 5.41) is 0. The largest absolute Gasteiger partial charge is 0.468 e. The van der Waals surface area contributed by atoms with Crippen molar-refractivity contribution >= 4 is 5.97 Å². The summed E-state index contributed by atoms with van der Waals surface area (Å²) >= 11 is 0. The fourth-order valence-corrected chi connectivity index (χ4v) is 3.07. The highest BCUT2D eigenvalue weighted by Gasteiger charge is 2.26. The molecule has 4 heteroatoms. The number of esters is 1. The molecule has 0 radical (unpaired) electrons. The molecule has 2 rings (SSSR count). The highest BCUT2D eigenvalue weighted by molar-refractivity contribution is 5.71. The van der Waals surface area contributed by atoms with E-state index in [1.54, 1.807) is 0 Å². The summed E-state index contributed by atoms with van der Waals surface area (Å²) in [6.45, 7) is 2.31. The number of rotatable bonds is 6. The molecule has 1 saturated heterocycles. The first-order valence-corrected chi connectivity index (χ1v) is 7.22. The molecule has 1 unspecified atom stereocenters. The van der Waals surface area contributed by atoms with Crippen LogP contribution < -0.4 is 0 Å². The zero-order valence-electron chi connectivity index (χ0n) is 11.4. The molecule has 0 N–H and O–H groups in total. The SMILES string of the molecule is COC(=O)CN(CCC1CCCO1)C1CCCC1. The lowest BCUT2D eigenvalue weighted by atomic mass is 10.1. The molecule has 1 aliphatic carbocycles. The molecule has 0 bridgehead atoms. The van der Waals surface area contributed by atoms with Gasteiger partial charge in [0.25, 0.3) is 0 Å². The highest BCUT2D eigenvalue weighted by atomic mass is 16.5. The quantitative estimate of drug-likeness (QED) is 0.680. The molecule has 18 heavy (non-hydrogen) atoms. The van der Waals surface area contributed by atoms with Crippen molar-refractivity contribution in [3.8, 4) is 0 Å². The van der Waals surface area contributed by atoms with Gasteiger partial charge in [-0.2, -0.15) is 0 Å². The minimum absolute atomic E-state index is 0.116. The summed E-state index contributed by atoms with van der Waals surface area (Å²) in [5.74, 6) is -0.116. The van der Waals surface area contributed by atoms with E-state index in [1.807, 2.05) is 0 Å². The predicted octanol–water partition coefficient (Wildman–Crippen LogP) is 1.97. The molecule has 1 aliphatic heterocycles. The topological polar surface area (TPSA) is 38.8 Å². The average molecular weight is 255 g/mol. The van der Waals surface area contributed by atoms with Crippen molar-refractivity contribution < 1.29 is 14.3 Å². The van der Waals surface area contributed by atoms with Crippen LogP contribution in [0.15, 0.2) is 0 Å². The highest BCUT2D eigenvalue weighted by Crippen LogP contribution is 2.24. The summed E-state index contributed by atoms with van der Waals surface area (Å²) in [4.78, 5) is 13.8. The second-order valence-electron chi connectivity index (χ2n) is 5.41. The molecular weight excluding hydrogens is 230 g/mol. The predicted molar refractivity (Wildman–Crippen MR) is 69.4 cm³/mol. The standard InChI is InChI=1S/C14H25NO3/c1-17-14(16)11-15(12-5-2-3-6-12)9-8-13-7-4-10-18-13/h12-13H,2-11H2,1H3. The van der Waals surface area contributed by atoms with Gasteiger partial charge in [-0.05, 0) is 32.1 Å². The van der Waals surface area contributed by atoms with E-state index in [1.165, 1.54) is 45.6 Å². The van der Waals surface area contributed by atoms with Gasteiger partial charge in [0.2, 0.25) is 0 Å². The molecule has 1 saturated carbocycles. The Hall–Kier alpha value is -0.610. The van der Waals surface area contributed by atoms with E-state index in [-0.39, 0.29) is 5.97 Å². The van der Waals surface area contributed by atoms with E-state index in [0.717, 1.165) is 19.6 Å². The maximum Gasteiger partial charge on any atom is 0.319 e. The normalized spacial score (nSPS) is 24.9. The van der Waals surface area contributed by atoms with Gasteiger partial charge in [0.05, 0.1) is 19.8 Å².